The molecule has 19 heavy (non-hydrogen) atoms. The number of aryl methyl sites for hydroxylation is 1. The van der Waals surface area contributed by atoms with Gasteiger partial charge < -0.3 is 0 Å². The molecule has 0 aliphatic rings. The van der Waals surface area contributed by atoms with E-state index in [-0.39, 0.29) is 0 Å². The molecule has 1 heteroatoms. The van der Waals surface area contributed by atoms with Crippen LogP contribution in [0.3, 0.4) is 0 Å². The van der Waals surface area contributed by atoms with Crippen molar-refractivity contribution >= 4 is 11.8 Å². The first-order chi connectivity index (χ1) is 9.27. The molecule has 1 nitrogen and oxygen atoms in total. The van der Waals surface area contributed by atoms with Crippen molar-refractivity contribution in [3.05, 3.63) is 76.9 Å². The van der Waals surface area contributed by atoms with E-state index in [4.69, 9.17) is 0 Å². The van der Waals surface area contributed by atoms with Crippen LogP contribution in [-0.2, 0) is 0 Å². The third-order valence-electron chi connectivity index (χ3n) is 3.19. The summed E-state index contributed by atoms with van der Waals surface area (Å²) in [5.41, 5.74) is 5.87. The van der Waals surface area contributed by atoms with Crippen molar-refractivity contribution in [3.8, 4) is 0 Å². The molecule has 0 aliphatic heterocycles. The average molecular weight is 249 g/mol. The van der Waals surface area contributed by atoms with Crippen LogP contribution in [0.15, 0.2) is 59.6 Å². The van der Waals surface area contributed by atoms with Gasteiger partial charge in [0.1, 0.15) is 0 Å². The molecule has 2 rings (SSSR count). The maximum absolute atomic E-state index is 4.52. The molecule has 0 heterocycles. The highest BCUT2D eigenvalue weighted by molar-refractivity contribution is 6.15. The Hall–Kier alpha value is -2.15. The lowest BCUT2D eigenvalue weighted by atomic mass is 9.94. The summed E-state index contributed by atoms with van der Waals surface area (Å²) in [6, 6.07) is 16.7. The largest absolute Gasteiger partial charge is 0.287 e. The van der Waals surface area contributed by atoms with Gasteiger partial charge in [-0.2, -0.15) is 0 Å². The van der Waals surface area contributed by atoms with Crippen molar-refractivity contribution in [1.29, 1.82) is 0 Å². The van der Waals surface area contributed by atoms with Gasteiger partial charge in [0.25, 0.3) is 0 Å². The zero-order valence-corrected chi connectivity index (χ0v) is 11.7. The predicted octanol–water partition coefficient (Wildman–Crippen LogP) is 4.50. The van der Waals surface area contributed by atoms with Crippen LogP contribution in [0.4, 0.5) is 0 Å². The molecular formula is C18H19N. The molecule has 0 unspecified atom stereocenters. The number of hydrogen-bond donors (Lipinski definition) is 0. The van der Waals surface area contributed by atoms with E-state index < -0.39 is 0 Å². The molecule has 0 atom stereocenters. The van der Waals surface area contributed by atoms with Gasteiger partial charge in [0, 0.05) is 18.2 Å². The average Bonchev–Trinajstić information content (AvgIpc) is 2.44. The van der Waals surface area contributed by atoms with E-state index >= 15 is 0 Å². The third-order valence-corrected chi connectivity index (χ3v) is 3.19. The van der Waals surface area contributed by atoms with Crippen LogP contribution in [0.1, 0.15) is 29.2 Å². The Morgan fingerprint density at radius 2 is 1.58 bits per heavy atom. The molecule has 0 aliphatic carbocycles. The molecule has 0 saturated heterocycles. The lowest BCUT2D eigenvalue weighted by Crippen LogP contribution is -2.07. The van der Waals surface area contributed by atoms with Crippen LogP contribution in [0.5, 0.6) is 0 Å². The molecule has 2 aromatic carbocycles. The molecular weight excluding hydrogens is 230 g/mol. The summed E-state index contributed by atoms with van der Waals surface area (Å²) in [5.74, 6) is 0. The van der Waals surface area contributed by atoms with E-state index in [0.717, 1.165) is 5.71 Å². The van der Waals surface area contributed by atoms with Gasteiger partial charge in [-0.1, -0.05) is 60.7 Å². The summed E-state index contributed by atoms with van der Waals surface area (Å²) in [5, 5.41) is 0. The molecule has 2 aromatic rings. The highest BCUT2D eigenvalue weighted by atomic mass is 14.7. The molecule has 0 saturated carbocycles. The third kappa shape index (κ3) is 2.82. The van der Waals surface area contributed by atoms with Gasteiger partial charge in [-0.15, -0.1) is 0 Å². The minimum absolute atomic E-state index is 1.05. The summed E-state index contributed by atoms with van der Waals surface area (Å²) < 4.78 is 0. The van der Waals surface area contributed by atoms with Gasteiger partial charge in [0.05, 0.1) is 5.71 Å². The van der Waals surface area contributed by atoms with Gasteiger partial charge in [0.15, 0.2) is 0 Å². The van der Waals surface area contributed by atoms with E-state index in [9.17, 15) is 0 Å². The van der Waals surface area contributed by atoms with Crippen molar-refractivity contribution in [2.24, 2.45) is 4.99 Å². The van der Waals surface area contributed by atoms with Gasteiger partial charge in [-0.25, -0.2) is 0 Å². The fraction of sp³-hybridized carbons (Fsp3) is 0.167. The van der Waals surface area contributed by atoms with Crippen molar-refractivity contribution in [2.45, 2.75) is 13.8 Å². The molecule has 0 N–H and O–H groups in total. The van der Waals surface area contributed by atoms with Crippen molar-refractivity contribution in [1.82, 2.24) is 0 Å². The van der Waals surface area contributed by atoms with Crippen LogP contribution in [0, 0.1) is 6.92 Å². The first-order valence-electron chi connectivity index (χ1n) is 6.52. The minimum atomic E-state index is 1.05. The number of nitrogens with zero attached hydrogens (tertiary/aromatic N) is 1. The highest BCUT2D eigenvalue weighted by Crippen LogP contribution is 2.19. The Morgan fingerprint density at radius 3 is 2.21 bits per heavy atom. The second-order valence-corrected chi connectivity index (χ2v) is 4.47. The summed E-state index contributed by atoms with van der Waals surface area (Å²) in [6.45, 7) is 4.16. The number of aliphatic imine (C=N–C) groups is 1. The standard InChI is InChI=1S/C18H19N/c1-4-9-15-11-6-8-13-17(15)18(19-3)16-12-7-5-10-14(16)2/h4-13H,1-3H3/b9-4-,19-18?. The zero-order valence-electron chi connectivity index (χ0n) is 11.7. The Labute approximate surface area is 115 Å². The van der Waals surface area contributed by atoms with Crippen LogP contribution in [-0.4, -0.2) is 12.8 Å². The van der Waals surface area contributed by atoms with E-state index in [1.807, 2.05) is 14.0 Å². The summed E-state index contributed by atoms with van der Waals surface area (Å²) in [4.78, 5) is 4.52. The van der Waals surface area contributed by atoms with Gasteiger partial charge in [0.2, 0.25) is 0 Å². The van der Waals surface area contributed by atoms with E-state index in [1.165, 1.54) is 22.3 Å². The Balaban J connectivity index is 2.59. The normalized spacial score (nSPS) is 12.1. The van der Waals surface area contributed by atoms with E-state index in [0.29, 0.717) is 0 Å². The van der Waals surface area contributed by atoms with Gasteiger partial charge >= 0.3 is 0 Å². The van der Waals surface area contributed by atoms with Crippen molar-refractivity contribution in [3.63, 3.8) is 0 Å². The molecule has 0 amide bonds. The summed E-state index contributed by atoms with van der Waals surface area (Å²) in [7, 11) is 1.86. The SMILES string of the molecule is C/C=C\c1ccccc1C(=NC)c1ccccc1C. The monoisotopic (exact) mass is 249 g/mol. The predicted molar refractivity (Wildman–Crippen MR) is 83.9 cm³/mol. The number of allylic oxidation sites excluding steroid dienone is 1. The number of hydrogen-bond acceptors (Lipinski definition) is 1. The number of benzene rings is 2. The second kappa shape index (κ2) is 6.14. The first kappa shape index (κ1) is 13.3. The maximum atomic E-state index is 4.52. The minimum Gasteiger partial charge on any atom is -0.287 e. The lowest BCUT2D eigenvalue weighted by molar-refractivity contribution is 1.37. The molecule has 0 fully saturated rings. The zero-order chi connectivity index (χ0) is 13.7. The summed E-state index contributed by atoms with van der Waals surface area (Å²) in [6.07, 6.45) is 4.18. The Morgan fingerprint density at radius 1 is 0.947 bits per heavy atom. The van der Waals surface area contributed by atoms with Crippen LogP contribution >= 0.6 is 0 Å². The van der Waals surface area contributed by atoms with Gasteiger partial charge in [-0.05, 0) is 25.0 Å². The smallest absolute Gasteiger partial charge is 0.0724 e. The lowest BCUT2D eigenvalue weighted by Gasteiger charge is -2.12. The van der Waals surface area contributed by atoms with Crippen molar-refractivity contribution < 1.29 is 0 Å². The van der Waals surface area contributed by atoms with Crippen molar-refractivity contribution in [2.75, 3.05) is 7.05 Å². The molecule has 0 bridgehead atoms. The van der Waals surface area contributed by atoms with Crippen LogP contribution in [0.2, 0.25) is 0 Å². The fourth-order valence-electron chi connectivity index (χ4n) is 2.26. The Bertz CT molecular complexity index is 621. The first-order valence-corrected chi connectivity index (χ1v) is 6.52. The van der Waals surface area contributed by atoms with Crippen LogP contribution < -0.4 is 0 Å². The quantitative estimate of drug-likeness (QED) is 0.710. The van der Waals surface area contributed by atoms with Crippen LogP contribution in [0.25, 0.3) is 6.08 Å². The molecule has 0 spiro atoms. The highest BCUT2D eigenvalue weighted by Gasteiger charge is 2.10. The number of rotatable bonds is 3. The summed E-state index contributed by atoms with van der Waals surface area (Å²) >= 11 is 0. The van der Waals surface area contributed by atoms with Gasteiger partial charge in [-0.3, -0.25) is 4.99 Å². The second-order valence-electron chi connectivity index (χ2n) is 4.47. The maximum Gasteiger partial charge on any atom is 0.0724 e. The topological polar surface area (TPSA) is 12.4 Å². The van der Waals surface area contributed by atoms with E-state index in [1.54, 1.807) is 0 Å². The Kier molecular flexibility index (Phi) is 4.30. The molecule has 0 aromatic heterocycles. The molecule has 0 radical (unpaired) electrons. The van der Waals surface area contributed by atoms with E-state index in [2.05, 4.69) is 72.6 Å². The molecule has 96 valence electrons. The fourth-order valence-corrected chi connectivity index (χ4v) is 2.26.